The molecule has 0 N–H and O–H groups in total. The summed E-state index contributed by atoms with van der Waals surface area (Å²) in [6.45, 7) is 1.62. The molecule has 0 aliphatic rings. The number of allylic oxidation sites excluding steroid dienone is 1. The molecule has 0 rings (SSSR count). The fraction of sp³-hybridized carbons (Fsp3) is 0.400. The van der Waals surface area contributed by atoms with E-state index < -0.39 is 5.97 Å². The van der Waals surface area contributed by atoms with Gasteiger partial charge in [-0.15, -0.1) is 0 Å². The Kier molecular flexibility index (Phi) is 3.88. The maximum atomic E-state index is 10.3. The number of carbonyl (C=O) groups is 1. The van der Waals surface area contributed by atoms with Crippen molar-refractivity contribution in [3.05, 3.63) is 11.8 Å². The largest absolute Gasteiger partial charge is 0.501 e. The lowest BCUT2D eigenvalue weighted by molar-refractivity contribution is -0.128. The van der Waals surface area contributed by atoms with Crippen LogP contribution in [0.3, 0.4) is 0 Å². The second kappa shape index (κ2) is 4.21. The molecule has 0 unspecified atom stereocenters. The van der Waals surface area contributed by atoms with E-state index in [1.165, 1.54) is 7.11 Å². The quantitative estimate of drug-likeness (QED) is 0.439. The van der Waals surface area contributed by atoms with E-state index in [9.17, 15) is 4.79 Å². The molecule has 9 heavy (non-hydrogen) atoms. The van der Waals surface area contributed by atoms with Crippen LogP contribution in [0.25, 0.3) is 0 Å². The highest BCUT2D eigenvalue weighted by Gasteiger charge is 1.95. The van der Waals surface area contributed by atoms with Crippen LogP contribution in [0.15, 0.2) is 11.8 Å². The molecule has 0 aliphatic heterocycles. The van der Waals surface area contributed by atoms with Crippen molar-refractivity contribution in [2.45, 2.75) is 6.92 Å². The molecule has 0 aromatic rings. The Morgan fingerprint density at radius 1 is 1.67 bits per heavy atom. The van der Waals surface area contributed by atoms with Crippen molar-refractivity contribution in [2.75, 3.05) is 7.11 Å². The van der Waals surface area contributed by atoms with E-state index >= 15 is 0 Å². The highest BCUT2D eigenvalue weighted by molar-refractivity contribution is 6.14. The second-order valence-electron chi connectivity index (χ2n) is 1.36. The van der Waals surface area contributed by atoms with Gasteiger partial charge in [0.1, 0.15) is 11.9 Å². The highest BCUT2D eigenvalue weighted by atomic mass is 35.5. The monoisotopic (exact) mass is 150 g/mol. The first kappa shape index (κ1) is 8.30. The third-order valence-electron chi connectivity index (χ3n) is 0.719. The van der Waals surface area contributed by atoms with Gasteiger partial charge in [0.05, 0.1) is 18.9 Å². The fourth-order valence-electron chi connectivity index (χ4n) is 0.247. The predicted molar refractivity (Wildman–Crippen MR) is 32.7 cm³/mol. The first-order chi connectivity index (χ1) is 4.20. The van der Waals surface area contributed by atoms with Crippen LogP contribution in [-0.4, -0.2) is 13.1 Å². The second-order valence-corrected chi connectivity index (χ2v) is 1.51. The molecular formula is C5H7ClO3. The van der Waals surface area contributed by atoms with E-state index in [1.54, 1.807) is 6.92 Å². The summed E-state index contributed by atoms with van der Waals surface area (Å²) in [5, 5.41) is 0. The van der Waals surface area contributed by atoms with Crippen molar-refractivity contribution >= 4 is 17.8 Å². The maximum Gasteiger partial charge on any atom is 0.352 e. The summed E-state index contributed by atoms with van der Waals surface area (Å²) in [5.41, 5.74) is 0. The molecule has 0 bridgehead atoms. The smallest absolute Gasteiger partial charge is 0.352 e. The molecule has 0 aliphatic carbocycles. The Labute approximate surface area is 58.4 Å². The molecule has 0 aromatic carbocycles. The van der Waals surface area contributed by atoms with Gasteiger partial charge in [0.15, 0.2) is 0 Å². The minimum Gasteiger partial charge on any atom is -0.501 e. The van der Waals surface area contributed by atoms with E-state index in [0.717, 1.165) is 6.08 Å². The van der Waals surface area contributed by atoms with E-state index in [1.807, 2.05) is 0 Å². The summed E-state index contributed by atoms with van der Waals surface area (Å²) in [7, 11) is 1.45. The van der Waals surface area contributed by atoms with Crippen LogP contribution in [0.5, 0.6) is 0 Å². The lowest BCUT2D eigenvalue weighted by Crippen LogP contribution is -1.92. The molecule has 3 nitrogen and oxygen atoms in total. The van der Waals surface area contributed by atoms with Crippen LogP contribution in [0.1, 0.15) is 6.92 Å². The van der Waals surface area contributed by atoms with Crippen molar-refractivity contribution in [3.63, 3.8) is 0 Å². The maximum absolute atomic E-state index is 10.3. The average Bonchev–Trinajstić information content (AvgIpc) is 1.87. The minimum atomic E-state index is -0.629. The van der Waals surface area contributed by atoms with Crippen molar-refractivity contribution in [3.8, 4) is 0 Å². The van der Waals surface area contributed by atoms with Crippen LogP contribution in [-0.2, 0) is 13.8 Å². The van der Waals surface area contributed by atoms with Crippen molar-refractivity contribution < 1.29 is 13.8 Å². The topological polar surface area (TPSA) is 35.5 Å². The molecule has 0 fully saturated rings. The minimum absolute atomic E-state index is 0.459. The van der Waals surface area contributed by atoms with Gasteiger partial charge in [-0.05, 0) is 6.92 Å². The van der Waals surface area contributed by atoms with E-state index in [2.05, 4.69) is 9.03 Å². The van der Waals surface area contributed by atoms with Gasteiger partial charge in [0.2, 0.25) is 0 Å². The number of rotatable bonds is 2. The van der Waals surface area contributed by atoms with Gasteiger partial charge in [0.25, 0.3) is 0 Å². The van der Waals surface area contributed by atoms with Gasteiger partial charge in [-0.2, -0.15) is 0 Å². The molecular weight excluding hydrogens is 144 g/mol. The Balaban J connectivity index is 3.79. The van der Waals surface area contributed by atoms with Crippen LogP contribution in [0.4, 0.5) is 0 Å². The molecule has 0 spiro atoms. The molecule has 0 saturated carbocycles. The van der Waals surface area contributed by atoms with Gasteiger partial charge in [-0.1, -0.05) is 0 Å². The van der Waals surface area contributed by atoms with E-state index in [4.69, 9.17) is 11.9 Å². The van der Waals surface area contributed by atoms with Crippen molar-refractivity contribution in [1.29, 1.82) is 0 Å². The molecule has 0 atom stereocenters. The summed E-state index contributed by atoms with van der Waals surface area (Å²) in [6.07, 6.45) is 1.15. The van der Waals surface area contributed by atoms with Crippen LogP contribution in [0, 0.1) is 0 Å². The average molecular weight is 151 g/mol. The SMILES string of the molecule is COC(C)=CC(=O)OCl. The number of ether oxygens (including phenoxy) is 1. The predicted octanol–water partition coefficient (Wildman–Crippen LogP) is 1.23. The van der Waals surface area contributed by atoms with Gasteiger partial charge >= 0.3 is 5.97 Å². The van der Waals surface area contributed by atoms with Crippen LogP contribution < -0.4 is 0 Å². The number of hydrogen-bond donors (Lipinski definition) is 0. The Morgan fingerprint density at radius 3 is 2.56 bits per heavy atom. The van der Waals surface area contributed by atoms with Gasteiger partial charge in [-0.3, -0.25) is 0 Å². The molecule has 52 valence electrons. The van der Waals surface area contributed by atoms with E-state index in [0.29, 0.717) is 5.76 Å². The third-order valence-corrected chi connectivity index (χ3v) is 0.871. The Bertz CT molecular complexity index is 130. The van der Waals surface area contributed by atoms with Gasteiger partial charge in [-0.25, -0.2) is 4.79 Å². The zero-order chi connectivity index (χ0) is 7.28. The summed E-state index contributed by atoms with van der Waals surface area (Å²) in [4.78, 5) is 10.3. The first-order valence-corrected chi connectivity index (χ1v) is 2.56. The lowest BCUT2D eigenvalue weighted by Gasteiger charge is -1.94. The third kappa shape index (κ3) is 3.85. The number of carbonyl (C=O) groups excluding carboxylic acids is 1. The number of methoxy groups -OCH3 is 1. The highest BCUT2D eigenvalue weighted by Crippen LogP contribution is 1.94. The van der Waals surface area contributed by atoms with Gasteiger partial charge < -0.3 is 9.03 Å². The zero-order valence-electron chi connectivity index (χ0n) is 5.18. The standard InChI is InChI=1S/C5H7ClO3/c1-4(8-2)3-5(7)9-6/h3H,1-2H3. The van der Waals surface area contributed by atoms with Crippen LogP contribution in [0.2, 0.25) is 0 Å². The van der Waals surface area contributed by atoms with Crippen molar-refractivity contribution in [2.24, 2.45) is 0 Å². The Morgan fingerprint density at radius 2 is 2.22 bits per heavy atom. The Hall–Kier alpha value is -0.700. The number of hydrogen-bond acceptors (Lipinski definition) is 3. The van der Waals surface area contributed by atoms with Crippen LogP contribution >= 0.6 is 11.9 Å². The molecule has 0 radical (unpaired) electrons. The molecule has 0 amide bonds. The lowest BCUT2D eigenvalue weighted by atomic mass is 10.5. The first-order valence-electron chi connectivity index (χ1n) is 2.25. The molecule has 0 aromatic heterocycles. The summed E-state index contributed by atoms with van der Waals surface area (Å²) in [6, 6.07) is 0. The summed E-state index contributed by atoms with van der Waals surface area (Å²) < 4.78 is 8.42. The molecule has 0 saturated heterocycles. The molecule has 4 heteroatoms. The van der Waals surface area contributed by atoms with Crippen molar-refractivity contribution in [1.82, 2.24) is 0 Å². The zero-order valence-corrected chi connectivity index (χ0v) is 5.94. The number of halogens is 1. The fourth-order valence-corrected chi connectivity index (χ4v) is 0.292. The normalized spacial score (nSPS) is 10.8. The molecule has 0 heterocycles. The van der Waals surface area contributed by atoms with E-state index in [-0.39, 0.29) is 0 Å². The van der Waals surface area contributed by atoms with Gasteiger partial charge in [0, 0.05) is 0 Å². The summed E-state index contributed by atoms with van der Waals surface area (Å²) >= 11 is 4.70. The summed E-state index contributed by atoms with van der Waals surface area (Å²) in [5.74, 6) is -0.170.